The molecule has 0 radical (unpaired) electrons. The number of hydrogen-bond acceptors (Lipinski definition) is 4. The maximum atomic E-state index is 12.8. The van der Waals surface area contributed by atoms with Crippen LogP contribution in [0, 0.1) is 0 Å². The molecule has 8 N–H and O–H groups in total. The lowest BCUT2D eigenvalue weighted by Gasteiger charge is -2.28. The summed E-state index contributed by atoms with van der Waals surface area (Å²) < 4.78 is 76.8. The van der Waals surface area contributed by atoms with Crippen LogP contribution in [0.4, 0.5) is 49.1 Å². The molecule has 5 rings (SSSR count). The van der Waals surface area contributed by atoms with Gasteiger partial charge in [0.2, 0.25) is 0 Å². The van der Waals surface area contributed by atoms with Crippen molar-refractivity contribution in [3.63, 3.8) is 0 Å². The summed E-state index contributed by atoms with van der Waals surface area (Å²) in [5, 5.41) is 0. The third-order valence-electron chi connectivity index (χ3n) is 7.76. The summed E-state index contributed by atoms with van der Waals surface area (Å²) in [6.07, 6.45) is -8.30. The maximum absolute atomic E-state index is 12.8. The number of nitrogens with two attached hydrogens (primary N) is 4. The fourth-order valence-corrected chi connectivity index (χ4v) is 5.75. The van der Waals surface area contributed by atoms with Gasteiger partial charge in [-0.1, -0.05) is 51.1 Å². The number of halogens is 6. The normalized spacial score (nSPS) is 17.7. The van der Waals surface area contributed by atoms with E-state index in [9.17, 15) is 26.3 Å². The van der Waals surface area contributed by atoms with E-state index >= 15 is 0 Å². The molecule has 1 atom stereocenters. The Morgan fingerprint density at radius 1 is 0.548 bits per heavy atom. The zero-order valence-electron chi connectivity index (χ0n) is 23.3. The van der Waals surface area contributed by atoms with Gasteiger partial charge in [0.15, 0.2) is 0 Å². The van der Waals surface area contributed by atoms with E-state index in [0.29, 0.717) is 12.1 Å². The van der Waals surface area contributed by atoms with Crippen LogP contribution in [0.1, 0.15) is 55.0 Å². The predicted octanol–water partition coefficient (Wildman–Crippen LogP) is 8.39. The van der Waals surface area contributed by atoms with Crippen molar-refractivity contribution >= 4 is 22.7 Å². The van der Waals surface area contributed by atoms with Crippen molar-refractivity contribution in [1.82, 2.24) is 0 Å². The lowest BCUT2D eigenvalue weighted by Crippen LogP contribution is -2.23. The van der Waals surface area contributed by atoms with E-state index in [1.54, 1.807) is 0 Å². The number of fused-ring (bicyclic) bond motifs is 1. The van der Waals surface area contributed by atoms with Gasteiger partial charge in [-0.05, 0) is 88.2 Å². The molecule has 0 fully saturated rings. The first-order chi connectivity index (χ1) is 19.3. The Balaban J connectivity index is 0.000000193. The summed E-state index contributed by atoms with van der Waals surface area (Å²) in [7, 11) is 0. The fourth-order valence-electron chi connectivity index (χ4n) is 5.75. The summed E-state index contributed by atoms with van der Waals surface area (Å²) in [4.78, 5) is 0. The van der Waals surface area contributed by atoms with Crippen molar-refractivity contribution in [1.29, 1.82) is 0 Å². The SMILES string of the molecule is CC1(C)CC(C)(c2ccc(N)cc2)c2ccc(N)cc21.Nc1ccc(-c2ccc(N)c(C(F)(F)F)c2)cc1C(F)(F)F. The van der Waals surface area contributed by atoms with Gasteiger partial charge < -0.3 is 22.9 Å². The van der Waals surface area contributed by atoms with Gasteiger partial charge in [-0.2, -0.15) is 26.3 Å². The average Bonchev–Trinajstić information content (AvgIpc) is 3.09. The van der Waals surface area contributed by atoms with Crippen LogP contribution < -0.4 is 22.9 Å². The zero-order chi connectivity index (χ0) is 31.3. The van der Waals surface area contributed by atoms with Crippen LogP contribution in [0.25, 0.3) is 11.1 Å². The van der Waals surface area contributed by atoms with Crippen LogP contribution in [-0.2, 0) is 23.2 Å². The molecule has 42 heavy (non-hydrogen) atoms. The van der Waals surface area contributed by atoms with Crippen molar-refractivity contribution < 1.29 is 26.3 Å². The van der Waals surface area contributed by atoms with E-state index in [2.05, 4.69) is 45.0 Å². The van der Waals surface area contributed by atoms with Gasteiger partial charge in [0, 0.05) is 28.2 Å². The third-order valence-corrected chi connectivity index (χ3v) is 7.76. The van der Waals surface area contributed by atoms with E-state index in [1.165, 1.54) is 28.8 Å². The monoisotopic (exact) mass is 586 g/mol. The number of alkyl halides is 6. The highest BCUT2D eigenvalue weighted by molar-refractivity contribution is 5.71. The summed E-state index contributed by atoms with van der Waals surface area (Å²) in [6.45, 7) is 6.92. The van der Waals surface area contributed by atoms with E-state index in [4.69, 9.17) is 22.9 Å². The molecule has 222 valence electrons. The van der Waals surface area contributed by atoms with Gasteiger partial charge in [-0.3, -0.25) is 0 Å². The number of anilines is 4. The second-order valence-corrected chi connectivity index (χ2v) is 11.4. The van der Waals surface area contributed by atoms with Crippen LogP contribution in [0.5, 0.6) is 0 Å². The Bertz CT molecular complexity index is 1550. The third kappa shape index (κ3) is 5.98. The van der Waals surface area contributed by atoms with Crippen LogP contribution >= 0.6 is 0 Å². The van der Waals surface area contributed by atoms with Crippen molar-refractivity contribution in [3.05, 3.63) is 107 Å². The molecule has 0 aliphatic heterocycles. The number of rotatable bonds is 2. The highest BCUT2D eigenvalue weighted by Crippen LogP contribution is 2.53. The molecular weight excluding hydrogens is 554 g/mol. The Kier molecular flexibility index (Phi) is 7.65. The molecule has 1 unspecified atom stereocenters. The van der Waals surface area contributed by atoms with Gasteiger partial charge in [0.1, 0.15) is 0 Å². The largest absolute Gasteiger partial charge is 0.418 e. The minimum absolute atomic E-state index is 0.0280. The smallest absolute Gasteiger partial charge is 0.399 e. The molecule has 0 heterocycles. The maximum Gasteiger partial charge on any atom is 0.418 e. The summed E-state index contributed by atoms with van der Waals surface area (Å²) in [5.41, 5.74) is 25.0. The lowest BCUT2D eigenvalue weighted by atomic mass is 9.75. The summed E-state index contributed by atoms with van der Waals surface area (Å²) in [5.74, 6) is 0. The minimum Gasteiger partial charge on any atom is -0.399 e. The summed E-state index contributed by atoms with van der Waals surface area (Å²) in [6, 6.07) is 20.5. The molecule has 0 saturated heterocycles. The van der Waals surface area contributed by atoms with Crippen molar-refractivity contribution in [2.24, 2.45) is 0 Å². The molecule has 4 aromatic rings. The first kappa shape index (κ1) is 30.6. The molecule has 0 aromatic heterocycles. The quantitative estimate of drug-likeness (QED) is 0.140. The lowest BCUT2D eigenvalue weighted by molar-refractivity contribution is -0.137. The predicted molar refractivity (Wildman–Crippen MR) is 157 cm³/mol. The molecule has 4 aromatic carbocycles. The Morgan fingerprint density at radius 2 is 1.00 bits per heavy atom. The van der Waals surface area contributed by atoms with Gasteiger partial charge in [-0.25, -0.2) is 0 Å². The van der Waals surface area contributed by atoms with Crippen molar-refractivity contribution in [2.45, 2.75) is 50.4 Å². The zero-order valence-corrected chi connectivity index (χ0v) is 23.3. The molecule has 0 amide bonds. The van der Waals surface area contributed by atoms with Crippen LogP contribution in [0.2, 0.25) is 0 Å². The standard InChI is InChI=1S/C18H22N2.C14H10F6N2/c1-17(2)11-18(3,12-4-6-13(19)7-5-12)15-9-8-14(20)10-16(15)17;15-13(16,17)9-5-7(1-3-11(9)21)8-2-4-12(22)10(6-8)14(18,19)20/h4-10H,11,19-20H2,1-3H3;1-6H,21-22H2. The first-order valence-electron chi connectivity index (χ1n) is 13.0. The molecular formula is C32H32F6N4. The number of nitrogen functional groups attached to an aromatic ring is 4. The number of hydrogen-bond donors (Lipinski definition) is 4. The molecule has 4 nitrogen and oxygen atoms in total. The average molecular weight is 587 g/mol. The van der Waals surface area contributed by atoms with Gasteiger partial charge in [0.05, 0.1) is 11.1 Å². The topological polar surface area (TPSA) is 104 Å². The minimum atomic E-state index is -4.69. The molecule has 0 bridgehead atoms. The number of benzene rings is 4. The van der Waals surface area contributed by atoms with Gasteiger partial charge in [-0.15, -0.1) is 0 Å². The van der Waals surface area contributed by atoms with Gasteiger partial charge in [0.25, 0.3) is 0 Å². The Labute approximate surface area is 240 Å². The van der Waals surface area contributed by atoms with Crippen molar-refractivity contribution in [3.8, 4) is 11.1 Å². The second-order valence-electron chi connectivity index (χ2n) is 11.4. The van der Waals surface area contributed by atoms with Crippen LogP contribution in [0.3, 0.4) is 0 Å². The van der Waals surface area contributed by atoms with Crippen LogP contribution in [0.15, 0.2) is 78.9 Å². The molecule has 1 aliphatic carbocycles. The highest BCUT2D eigenvalue weighted by atomic mass is 19.4. The van der Waals surface area contributed by atoms with Crippen molar-refractivity contribution in [2.75, 3.05) is 22.9 Å². The van der Waals surface area contributed by atoms with E-state index in [1.807, 2.05) is 18.2 Å². The van der Waals surface area contributed by atoms with Crippen LogP contribution in [-0.4, -0.2) is 0 Å². The fraction of sp³-hybridized carbons (Fsp3) is 0.250. The first-order valence-corrected chi connectivity index (χ1v) is 13.0. The molecule has 10 heteroatoms. The van der Waals surface area contributed by atoms with Gasteiger partial charge >= 0.3 is 12.4 Å². The Hall–Kier alpha value is -4.34. The van der Waals surface area contributed by atoms with E-state index in [0.717, 1.165) is 29.9 Å². The Morgan fingerprint density at radius 3 is 1.45 bits per heavy atom. The molecule has 1 aliphatic rings. The second kappa shape index (κ2) is 10.5. The summed E-state index contributed by atoms with van der Waals surface area (Å²) >= 11 is 0. The highest BCUT2D eigenvalue weighted by Gasteiger charge is 2.45. The molecule has 0 saturated carbocycles. The van der Waals surface area contributed by atoms with E-state index in [-0.39, 0.29) is 22.0 Å². The van der Waals surface area contributed by atoms with E-state index < -0.39 is 34.9 Å². The molecule has 0 spiro atoms.